The minimum absolute atomic E-state index is 0.000342. The van der Waals surface area contributed by atoms with Crippen LogP contribution in [0.4, 0.5) is 21.2 Å². The van der Waals surface area contributed by atoms with Gasteiger partial charge in [-0.2, -0.15) is 0 Å². The summed E-state index contributed by atoms with van der Waals surface area (Å²) in [5.41, 5.74) is 4.51. The van der Waals surface area contributed by atoms with Crippen LogP contribution < -0.4 is 25.6 Å². The normalized spacial score (nSPS) is 18.3. The van der Waals surface area contributed by atoms with Gasteiger partial charge in [-0.05, 0) is 59.4 Å². The molecule has 11 nitrogen and oxygen atoms in total. The van der Waals surface area contributed by atoms with Gasteiger partial charge >= 0.3 is 6.09 Å². The number of thiophene rings is 1. The van der Waals surface area contributed by atoms with Crippen LogP contribution in [0.25, 0.3) is 10.2 Å². The second-order valence-electron chi connectivity index (χ2n) is 14.9. The monoisotopic (exact) mass is 718 g/mol. The smallest absolute Gasteiger partial charge is 0.405 e. The van der Waals surface area contributed by atoms with Gasteiger partial charge in [-0.15, -0.1) is 11.3 Å². The van der Waals surface area contributed by atoms with E-state index in [0.717, 1.165) is 32.3 Å². The number of nitrogens with zero attached hydrogens (tertiary/aromatic N) is 3. The first kappa shape index (κ1) is 37.1. The topological polar surface area (TPSA) is 138 Å². The Morgan fingerprint density at radius 3 is 2.48 bits per heavy atom. The van der Waals surface area contributed by atoms with Crippen LogP contribution in [0.15, 0.2) is 55.0 Å². The van der Waals surface area contributed by atoms with Gasteiger partial charge in [-0.1, -0.05) is 53.7 Å². The maximum absolute atomic E-state index is 14.3. The maximum atomic E-state index is 14.3. The molecule has 1 fully saturated rings. The number of ether oxygens (including phenoxy) is 1. The van der Waals surface area contributed by atoms with E-state index in [2.05, 4.69) is 86.5 Å². The summed E-state index contributed by atoms with van der Waals surface area (Å²) >= 11 is 1.51. The lowest BCUT2D eigenvalue weighted by molar-refractivity contribution is 0.0722. The van der Waals surface area contributed by atoms with Gasteiger partial charge < -0.3 is 35.1 Å². The predicted molar refractivity (Wildman–Crippen MR) is 205 cm³/mol. The van der Waals surface area contributed by atoms with Crippen LogP contribution in [0.3, 0.4) is 0 Å². The standard InChI is InChI=1S/C37H50N6O5SSi/c1-22(2)25-16-30-32(39-18-25)31(35(49-30)40-17-24-10-12-26(47-7)13-11-24)34(44)41-27-19-38-15-14-29(27)43-20-23(3)33(28(21-43)42-36(45)46)48-50(8,9)37(4,5)6/h10-16,18-19,22-23,28,33,40,42H,17,20-21H2,1-9H3,(H,41,44)(H,45,46)/t23-,28+,33-/m0/s1. The zero-order chi connectivity index (χ0) is 36.4. The Labute approximate surface area is 299 Å². The maximum Gasteiger partial charge on any atom is 0.405 e. The Hall–Kier alpha value is -4.20. The number of methoxy groups -OCH3 is 1. The molecule has 0 aliphatic carbocycles. The van der Waals surface area contributed by atoms with Crippen molar-refractivity contribution in [2.24, 2.45) is 5.92 Å². The molecular weight excluding hydrogens is 669 g/mol. The molecular formula is C37H50N6O5SSi. The number of rotatable bonds is 11. The van der Waals surface area contributed by atoms with Gasteiger partial charge in [-0.25, -0.2) is 4.79 Å². The molecule has 3 aromatic heterocycles. The molecule has 2 amide bonds. The number of benzene rings is 1. The lowest BCUT2D eigenvalue weighted by Gasteiger charge is -2.48. The summed E-state index contributed by atoms with van der Waals surface area (Å²) in [6, 6.07) is 11.3. The number of hydrogen-bond acceptors (Lipinski definition) is 9. The number of aromatic nitrogens is 2. The molecule has 1 aromatic carbocycles. The Morgan fingerprint density at radius 2 is 1.84 bits per heavy atom. The van der Waals surface area contributed by atoms with Crippen molar-refractivity contribution in [3.05, 3.63) is 71.7 Å². The van der Waals surface area contributed by atoms with Crippen molar-refractivity contribution in [3.63, 3.8) is 0 Å². The Kier molecular flexibility index (Phi) is 11.1. The third-order valence-electron chi connectivity index (χ3n) is 9.87. The summed E-state index contributed by atoms with van der Waals surface area (Å²) in [5.74, 6) is 0.760. The number of hydrogen-bond donors (Lipinski definition) is 4. The molecule has 3 atom stereocenters. The molecule has 0 spiro atoms. The van der Waals surface area contributed by atoms with Crippen LogP contribution in [0.5, 0.6) is 5.75 Å². The molecule has 4 heterocycles. The summed E-state index contributed by atoms with van der Waals surface area (Å²) in [5, 5.41) is 19.9. The molecule has 1 aliphatic heterocycles. The molecule has 0 radical (unpaired) electrons. The number of fused-ring (bicyclic) bond motifs is 1. The van der Waals surface area contributed by atoms with E-state index in [1.807, 2.05) is 36.5 Å². The van der Waals surface area contributed by atoms with Crippen LogP contribution in [-0.2, 0) is 11.0 Å². The summed E-state index contributed by atoms with van der Waals surface area (Å²) < 4.78 is 13.1. The van der Waals surface area contributed by atoms with E-state index in [1.165, 1.54) is 11.3 Å². The first-order valence-corrected chi connectivity index (χ1v) is 20.8. The van der Waals surface area contributed by atoms with E-state index in [1.54, 1.807) is 19.5 Å². The fraction of sp³-hybridized carbons (Fsp3) is 0.459. The fourth-order valence-electron chi connectivity index (χ4n) is 5.98. The van der Waals surface area contributed by atoms with Crippen LogP contribution in [0.1, 0.15) is 68.9 Å². The zero-order valence-electron chi connectivity index (χ0n) is 30.5. The third kappa shape index (κ3) is 8.22. The quantitative estimate of drug-likeness (QED) is 0.113. The number of anilines is 3. The van der Waals surface area contributed by atoms with Crippen molar-refractivity contribution in [1.29, 1.82) is 0 Å². The average Bonchev–Trinajstić information content (AvgIpc) is 3.42. The number of carboxylic acid groups (broad SMARTS) is 1. The molecule has 1 aliphatic rings. The highest BCUT2D eigenvalue weighted by Gasteiger charge is 2.45. The molecule has 0 saturated carbocycles. The van der Waals surface area contributed by atoms with Crippen molar-refractivity contribution in [2.75, 3.05) is 35.7 Å². The lowest BCUT2D eigenvalue weighted by atomic mass is 9.92. The van der Waals surface area contributed by atoms with Gasteiger partial charge in [-0.3, -0.25) is 14.8 Å². The van der Waals surface area contributed by atoms with Crippen molar-refractivity contribution < 1.29 is 23.9 Å². The molecule has 4 aromatic rings. The Balaban J connectivity index is 1.44. The largest absolute Gasteiger partial charge is 0.497 e. The highest BCUT2D eigenvalue weighted by Crippen LogP contribution is 2.41. The number of piperidine rings is 1. The molecule has 0 bridgehead atoms. The fourth-order valence-corrected chi connectivity index (χ4v) is 8.51. The van der Waals surface area contributed by atoms with Crippen LogP contribution in [-0.4, -0.2) is 67.7 Å². The highest BCUT2D eigenvalue weighted by molar-refractivity contribution is 7.23. The zero-order valence-corrected chi connectivity index (χ0v) is 32.3. The molecule has 4 N–H and O–H groups in total. The molecule has 5 rings (SSSR count). The number of carbonyl (C=O) groups excluding carboxylic acids is 1. The van der Waals surface area contributed by atoms with Gasteiger partial charge in [0.25, 0.3) is 5.91 Å². The van der Waals surface area contributed by atoms with Gasteiger partial charge in [0.1, 0.15) is 16.3 Å². The van der Waals surface area contributed by atoms with Crippen LogP contribution >= 0.6 is 11.3 Å². The van der Waals surface area contributed by atoms with Crippen molar-refractivity contribution in [3.8, 4) is 5.75 Å². The number of carbonyl (C=O) groups is 2. The molecule has 50 heavy (non-hydrogen) atoms. The van der Waals surface area contributed by atoms with Gasteiger partial charge in [0.2, 0.25) is 0 Å². The number of nitrogens with one attached hydrogen (secondary N) is 3. The van der Waals surface area contributed by atoms with Crippen molar-refractivity contribution in [1.82, 2.24) is 15.3 Å². The molecule has 268 valence electrons. The molecule has 1 saturated heterocycles. The SMILES string of the molecule is COc1ccc(CNc2sc3cc(C(C)C)cnc3c2C(=O)Nc2cnccc2N2C[C@H](C)[C@H](O[Si](C)(C)C(C)(C)C)[C@H](NC(=O)O)C2)cc1. The molecule has 13 heteroatoms. The van der Waals surface area contributed by atoms with E-state index in [-0.39, 0.29) is 28.9 Å². The van der Waals surface area contributed by atoms with E-state index in [9.17, 15) is 14.7 Å². The van der Waals surface area contributed by atoms with Crippen LogP contribution in [0, 0.1) is 5.92 Å². The second-order valence-corrected chi connectivity index (χ2v) is 20.7. The van der Waals surface area contributed by atoms with E-state index >= 15 is 0 Å². The van der Waals surface area contributed by atoms with Gasteiger partial charge in [0.15, 0.2) is 8.32 Å². The summed E-state index contributed by atoms with van der Waals surface area (Å²) in [6.07, 6.45) is 3.78. The number of amides is 2. The highest BCUT2D eigenvalue weighted by atomic mass is 32.1. The second kappa shape index (κ2) is 15.0. The molecule has 0 unspecified atom stereocenters. The first-order valence-electron chi connectivity index (χ1n) is 17.0. The van der Waals surface area contributed by atoms with E-state index in [4.69, 9.17) is 14.1 Å². The van der Waals surface area contributed by atoms with Gasteiger partial charge in [0, 0.05) is 37.9 Å². The van der Waals surface area contributed by atoms with Crippen LogP contribution in [0.2, 0.25) is 18.1 Å². The minimum atomic E-state index is -2.20. The van der Waals surface area contributed by atoms with Crippen molar-refractivity contribution >= 4 is 58.2 Å². The predicted octanol–water partition coefficient (Wildman–Crippen LogP) is 8.17. The van der Waals surface area contributed by atoms with Gasteiger partial charge in [0.05, 0.1) is 47.0 Å². The average molecular weight is 719 g/mol. The van der Waals surface area contributed by atoms with Crippen molar-refractivity contribution in [2.45, 2.75) is 84.3 Å². The summed E-state index contributed by atoms with van der Waals surface area (Å²) in [7, 11) is -0.559. The Bertz CT molecular complexity index is 1820. The lowest BCUT2D eigenvalue weighted by Crippen LogP contribution is -2.62. The Morgan fingerprint density at radius 1 is 1.12 bits per heavy atom. The van der Waals surface area contributed by atoms with E-state index in [0.29, 0.717) is 36.4 Å². The number of pyridine rings is 2. The first-order chi connectivity index (χ1) is 23.6. The van der Waals surface area contributed by atoms with E-state index < -0.39 is 20.5 Å². The minimum Gasteiger partial charge on any atom is -0.497 e. The summed E-state index contributed by atoms with van der Waals surface area (Å²) in [6.45, 7) is 18.7. The third-order valence-corrected chi connectivity index (χ3v) is 15.4. The summed E-state index contributed by atoms with van der Waals surface area (Å²) in [4.78, 5) is 37.5.